The molecule has 1 nitrogen and oxygen atoms in total. The molecule has 0 saturated heterocycles. The Kier molecular flexibility index (Phi) is 7.74. The van der Waals surface area contributed by atoms with Gasteiger partial charge in [0.05, 0.1) is 17.6 Å². The Balaban J connectivity index is 2.56. The molecule has 0 N–H and O–H groups in total. The number of ether oxygens (including phenoxy) is 1. The van der Waals surface area contributed by atoms with Crippen LogP contribution in [0.15, 0.2) is 24.3 Å². The number of allylic oxidation sites excluding steroid dienone is 2. The molecule has 3 heteroatoms. The molecule has 0 aromatic rings. The molecule has 0 amide bonds. The van der Waals surface area contributed by atoms with Gasteiger partial charge >= 0.3 is 0 Å². The summed E-state index contributed by atoms with van der Waals surface area (Å²) in [4.78, 5) is 0.382. The average molecular weight is 332 g/mol. The maximum Gasteiger partial charge on any atom is 0.0780 e. The summed E-state index contributed by atoms with van der Waals surface area (Å²) >= 11 is 10.1. The number of halogens is 2. The second kappa shape index (κ2) is 8.80. The van der Waals surface area contributed by atoms with Gasteiger partial charge in [0.15, 0.2) is 0 Å². The summed E-state index contributed by atoms with van der Waals surface area (Å²) in [7, 11) is 0. The first-order chi connectivity index (χ1) is 8.69. The Morgan fingerprint density at radius 3 is 2.78 bits per heavy atom. The predicted molar refractivity (Wildman–Crippen MR) is 82.3 cm³/mol. The van der Waals surface area contributed by atoms with Crippen molar-refractivity contribution < 1.29 is 4.74 Å². The van der Waals surface area contributed by atoms with Gasteiger partial charge in [-0.25, -0.2) is 0 Å². The molecule has 0 fully saturated rings. The van der Waals surface area contributed by atoms with Gasteiger partial charge < -0.3 is 4.74 Å². The average Bonchev–Trinajstić information content (AvgIpc) is 2.63. The van der Waals surface area contributed by atoms with Crippen molar-refractivity contribution in [3.63, 3.8) is 0 Å². The van der Waals surface area contributed by atoms with Crippen LogP contribution < -0.4 is 0 Å². The molecule has 18 heavy (non-hydrogen) atoms. The van der Waals surface area contributed by atoms with E-state index in [1.165, 1.54) is 0 Å². The first kappa shape index (κ1) is 15.8. The van der Waals surface area contributed by atoms with Gasteiger partial charge in [-0.15, -0.1) is 18.0 Å². The van der Waals surface area contributed by atoms with Crippen LogP contribution in [-0.4, -0.2) is 22.4 Å². The van der Waals surface area contributed by atoms with Crippen molar-refractivity contribution in [2.24, 2.45) is 0 Å². The zero-order chi connectivity index (χ0) is 13.4. The largest absolute Gasteiger partial charge is 0.372 e. The summed E-state index contributed by atoms with van der Waals surface area (Å²) in [5.41, 5.74) is 0. The van der Waals surface area contributed by atoms with E-state index < -0.39 is 0 Å². The van der Waals surface area contributed by atoms with Crippen molar-refractivity contribution in [2.75, 3.05) is 0 Å². The lowest BCUT2D eigenvalue weighted by molar-refractivity contribution is -0.00662. The van der Waals surface area contributed by atoms with Crippen LogP contribution in [0.3, 0.4) is 0 Å². The Morgan fingerprint density at radius 2 is 2.17 bits per heavy atom. The molecule has 0 bridgehead atoms. The smallest absolute Gasteiger partial charge is 0.0780 e. The molecule has 0 aromatic heterocycles. The zero-order valence-corrected chi connectivity index (χ0v) is 13.0. The summed E-state index contributed by atoms with van der Waals surface area (Å²) in [6, 6.07) is 0. The van der Waals surface area contributed by atoms with Crippen LogP contribution in [0.2, 0.25) is 0 Å². The third-order valence-corrected chi connectivity index (χ3v) is 4.72. The van der Waals surface area contributed by atoms with Crippen LogP contribution in [-0.2, 0) is 4.74 Å². The first-order valence-corrected chi connectivity index (χ1v) is 7.74. The Bertz CT molecular complexity index is 332. The monoisotopic (exact) mass is 330 g/mol. The van der Waals surface area contributed by atoms with Gasteiger partial charge in [-0.2, -0.15) is 0 Å². The lowest BCUT2D eigenvalue weighted by atomic mass is 10.1. The molecule has 0 aliphatic carbocycles. The summed E-state index contributed by atoms with van der Waals surface area (Å²) < 4.78 is 6.13. The van der Waals surface area contributed by atoms with Crippen LogP contribution in [0.25, 0.3) is 0 Å². The van der Waals surface area contributed by atoms with Gasteiger partial charge in [-0.3, -0.25) is 0 Å². The summed E-state index contributed by atoms with van der Waals surface area (Å²) in [5, 5.41) is -0.0311. The van der Waals surface area contributed by atoms with Gasteiger partial charge in [0, 0.05) is 4.83 Å². The number of hydrogen-bond donors (Lipinski definition) is 0. The molecule has 100 valence electrons. The van der Waals surface area contributed by atoms with E-state index in [1.54, 1.807) is 6.08 Å². The quantitative estimate of drug-likeness (QED) is 0.411. The molecule has 1 aliphatic rings. The minimum Gasteiger partial charge on any atom is -0.372 e. The number of rotatable bonds is 5. The Hall–Kier alpha value is -0.230. The van der Waals surface area contributed by atoms with E-state index in [2.05, 4.69) is 40.9 Å². The van der Waals surface area contributed by atoms with Crippen molar-refractivity contribution >= 4 is 27.5 Å². The lowest BCUT2D eigenvalue weighted by Crippen LogP contribution is -2.32. The second-order valence-corrected chi connectivity index (χ2v) is 6.14. The van der Waals surface area contributed by atoms with Crippen molar-refractivity contribution in [2.45, 2.75) is 55.0 Å². The molecule has 1 rings (SSSR count). The van der Waals surface area contributed by atoms with E-state index in [0.29, 0.717) is 4.83 Å². The van der Waals surface area contributed by atoms with E-state index in [-0.39, 0.29) is 17.6 Å². The minimum absolute atomic E-state index is 0.0311. The highest BCUT2D eigenvalue weighted by atomic mass is 79.9. The molecular weight excluding hydrogens is 312 g/mol. The van der Waals surface area contributed by atoms with E-state index in [9.17, 15) is 0 Å². The van der Waals surface area contributed by atoms with Crippen LogP contribution in [0.1, 0.15) is 32.6 Å². The number of alkyl halides is 2. The summed E-state index contributed by atoms with van der Waals surface area (Å²) in [6.45, 7) is 2.15. The van der Waals surface area contributed by atoms with Gasteiger partial charge in [0.25, 0.3) is 0 Å². The lowest BCUT2D eigenvalue weighted by Gasteiger charge is -2.27. The fraction of sp³-hybridized carbons (Fsp3) is 0.600. The third kappa shape index (κ3) is 5.18. The van der Waals surface area contributed by atoms with E-state index >= 15 is 0 Å². The van der Waals surface area contributed by atoms with Crippen LogP contribution >= 0.6 is 27.5 Å². The Morgan fingerprint density at radius 1 is 1.50 bits per heavy atom. The normalized spacial score (nSPS) is 27.7. The van der Waals surface area contributed by atoms with E-state index in [1.807, 2.05) is 6.08 Å². The maximum absolute atomic E-state index is 6.39. The SMILES string of the molecule is C#C/C=C\C[C@@H](Cl)[C@H]1CC=CCC(C(Br)CC)O1. The fourth-order valence-corrected chi connectivity index (χ4v) is 2.55. The van der Waals surface area contributed by atoms with Gasteiger partial charge in [0.1, 0.15) is 0 Å². The zero-order valence-electron chi connectivity index (χ0n) is 10.7. The van der Waals surface area contributed by atoms with Crippen molar-refractivity contribution in [1.82, 2.24) is 0 Å². The van der Waals surface area contributed by atoms with Crippen molar-refractivity contribution in [3.05, 3.63) is 24.3 Å². The molecule has 4 atom stereocenters. The molecule has 1 heterocycles. The van der Waals surface area contributed by atoms with Gasteiger partial charge in [0.2, 0.25) is 0 Å². The molecule has 1 aliphatic heterocycles. The molecule has 0 saturated carbocycles. The first-order valence-electron chi connectivity index (χ1n) is 6.38. The van der Waals surface area contributed by atoms with Crippen molar-refractivity contribution in [1.29, 1.82) is 0 Å². The van der Waals surface area contributed by atoms with Gasteiger partial charge in [-0.1, -0.05) is 47.0 Å². The van der Waals surface area contributed by atoms with E-state index in [4.69, 9.17) is 22.8 Å². The minimum atomic E-state index is -0.0311. The molecule has 0 radical (unpaired) electrons. The third-order valence-electron chi connectivity index (χ3n) is 3.03. The molecule has 2 unspecified atom stereocenters. The number of hydrogen-bond acceptors (Lipinski definition) is 1. The molecule has 0 aromatic carbocycles. The maximum atomic E-state index is 6.39. The Labute approximate surface area is 124 Å². The second-order valence-electron chi connectivity index (χ2n) is 4.40. The summed E-state index contributed by atoms with van der Waals surface area (Å²) in [6.07, 6.45) is 17.0. The van der Waals surface area contributed by atoms with Crippen molar-refractivity contribution in [3.8, 4) is 12.3 Å². The topological polar surface area (TPSA) is 9.23 Å². The number of terminal acetylenes is 1. The molecular formula is C15H20BrClO. The van der Waals surface area contributed by atoms with E-state index in [0.717, 1.165) is 25.7 Å². The fourth-order valence-electron chi connectivity index (χ4n) is 1.94. The highest BCUT2D eigenvalue weighted by Gasteiger charge is 2.27. The highest BCUT2D eigenvalue weighted by Crippen LogP contribution is 2.26. The van der Waals surface area contributed by atoms with Crippen LogP contribution in [0.5, 0.6) is 0 Å². The molecule has 0 spiro atoms. The highest BCUT2D eigenvalue weighted by molar-refractivity contribution is 9.09. The summed E-state index contributed by atoms with van der Waals surface area (Å²) in [5.74, 6) is 2.47. The van der Waals surface area contributed by atoms with Gasteiger partial charge in [-0.05, 0) is 31.8 Å². The standard InChI is InChI=1S/C15H20BrClO/c1-3-5-6-9-13(17)15-11-8-7-10-14(18-15)12(16)4-2/h1,5-8,12-15H,4,9-11H2,2H3/b6-5-/t12?,13-,14?,15-/m1/s1. The van der Waals surface area contributed by atoms with Crippen LogP contribution in [0, 0.1) is 12.3 Å². The predicted octanol–water partition coefficient (Wildman–Crippen LogP) is 4.45. The van der Waals surface area contributed by atoms with Crippen LogP contribution in [0.4, 0.5) is 0 Å².